The average molecular weight is 320 g/mol. The van der Waals surface area contributed by atoms with Crippen molar-refractivity contribution in [1.29, 1.82) is 0 Å². The van der Waals surface area contributed by atoms with Crippen LogP contribution in [0.2, 0.25) is 0 Å². The highest BCUT2D eigenvalue weighted by Crippen LogP contribution is 2.12. The van der Waals surface area contributed by atoms with Crippen LogP contribution in [0, 0.1) is 6.92 Å². The van der Waals surface area contributed by atoms with Crippen molar-refractivity contribution in [3.63, 3.8) is 0 Å². The van der Waals surface area contributed by atoms with Gasteiger partial charge in [0.1, 0.15) is 17.4 Å². The zero-order chi connectivity index (χ0) is 17.5. The highest BCUT2D eigenvalue weighted by atomic mass is 16.4. The number of rotatable bonds is 3. The number of carbonyl (C=O) groups excluding carboxylic acids is 1. The topological polar surface area (TPSA) is 123 Å². The second kappa shape index (κ2) is 5.67. The van der Waals surface area contributed by atoms with Gasteiger partial charge in [-0.3, -0.25) is 23.5 Å². The van der Waals surface area contributed by atoms with E-state index in [1.165, 1.54) is 31.7 Å². The van der Waals surface area contributed by atoms with Gasteiger partial charge in [0.25, 0.3) is 11.5 Å². The van der Waals surface area contributed by atoms with Gasteiger partial charge in [0.2, 0.25) is 0 Å². The summed E-state index contributed by atoms with van der Waals surface area (Å²) in [7, 11) is 2.80. The molecular weight excluding hydrogens is 304 g/mol. The van der Waals surface area contributed by atoms with Crippen molar-refractivity contribution in [2.24, 2.45) is 14.1 Å². The molecule has 2 rings (SSSR count). The first-order valence-corrected chi connectivity index (χ1v) is 6.76. The lowest BCUT2D eigenvalue weighted by Crippen LogP contribution is -2.40. The summed E-state index contributed by atoms with van der Waals surface area (Å²) in [6.07, 6.45) is 0. The van der Waals surface area contributed by atoms with E-state index >= 15 is 0 Å². The fraction of sp³-hybridized carbons (Fsp3) is 0.357. The van der Waals surface area contributed by atoms with Crippen molar-refractivity contribution in [2.75, 3.05) is 0 Å². The quantitative estimate of drug-likeness (QED) is 0.759. The number of nitrogens with zero attached hydrogens (tertiary/aromatic N) is 3. The first-order valence-electron chi connectivity index (χ1n) is 6.76. The number of fused-ring (bicyclic) bond motifs is 1. The van der Waals surface area contributed by atoms with Gasteiger partial charge in [-0.05, 0) is 25.5 Å². The number of carboxylic acid groups (broad SMARTS) is 1. The van der Waals surface area contributed by atoms with Gasteiger partial charge in [-0.1, -0.05) is 0 Å². The van der Waals surface area contributed by atoms with Crippen molar-refractivity contribution in [3.8, 4) is 0 Å². The number of aromatic nitrogens is 3. The van der Waals surface area contributed by atoms with Crippen LogP contribution in [0.15, 0.2) is 15.7 Å². The number of hydrogen-bond acceptors (Lipinski definition) is 5. The number of aliphatic carboxylic acids is 1. The molecule has 0 fully saturated rings. The van der Waals surface area contributed by atoms with E-state index in [0.717, 1.165) is 4.57 Å². The Kier molecular flexibility index (Phi) is 4.04. The van der Waals surface area contributed by atoms with Crippen LogP contribution in [0.25, 0.3) is 11.0 Å². The molecule has 0 radical (unpaired) electrons. The average Bonchev–Trinajstić information content (AvgIpc) is 2.49. The summed E-state index contributed by atoms with van der Waals surface area (Å²) in [5.41, 5.74) is -0.582. The van der Waals surface area contributed by atoms with Crippen LogP contribution < -0.4 is 16.6 Å². The molecule has 2 aromatic heterocycles. The first-order chi connectivity index (χ1) is 10.6. The maximum absolute atomic E-state index is 12.2. The molecule has 0 aliphatic heterocycles. The molecule has 0 saturated carbocycles. The van der Waals surface area contributed by atoms with E-state index in [9.17, 15) is 19.2 Å². The number of nitrogens with one attached hydrogen (secondary N) is 1. The molecule has 0 saturated heterocycles. The first kappa shape index (κ1) is 16.4. The third kappa shape index (κ3) is 2.72. The van der Waals surface area contributed by atoms with Gasteiger partial charge in [0.15, 0.2) is 0 Å². The number of hydrogen-bond donors (Lipinski definition) is 2. The maximum atomic E-state index is 12.2. The summed E-state index contributed by atoms with van der Waals surface area (Å²) in [4.78, 5) is 51.1. The van der Waals surface area contributed by atoms with Crippen molar-refractivity contribution in [3.05, 3.63) is 38.2 Å². The Morgan fingerprint density at radius 3 is 2.43 bits per heavy atom. The zero-order valence-corrected chi connectivity index (χ0v) is 13.1. The van der Waals surface area contributed by atoms with E-state index in [0.29, 0.717) is 5.56 Å². The van der Waals surface area contributed by atoms with E-state index in [1.54, 1.807) is 6.92 Å². The molecular formula is C14H16N4O5. The zero-order valence-electron chi connectivity index (χ0n) is 13.1. The van der Waals surface area contributed by atoms with Crippen LogP contribution in [-0.4, -0.2) is 37.1 Å². The van der Waals surface area contributed by atoms with Crippen LogP contribution in [-0.2, 0) is 18.9 Å². The summed E-state index contributed by atoms with van der Waals surface area (Å²) >= 11 is 0. The summed E-state index contributed by atoms with van der Waals surface area (Å²) in [5.74, 6) is -1.88. The monoisotopic (exact) mass is 320 g/mol. The smallest absolute Gasteiger partial charge is 0.332 e. The molecule has 1 atom stereocenters. The molecule has 0 spiro atoms. The highest BCUT2D eigenvalue weighted by molar-refractivity contribution is 5.97. The Bertz CT molecular complexity index is 941. The number of carboxylic acids is 1. The van der Waals surface area contributed by atoms with E-state index in [4.69, 9.17) is 5.11 Å². The molecule has 0 bridgehead atoms. The lowest BCUT2D eigenvalue weighted by molar-refractivity contribution is -0.138. The predicted octanol–water partition coefficient (Wildman–Crippen LogP) is -0.856. The number of amides is 1. The maximum Gasteiger partial charge on any atom is 0.332 e. The van der Waals surface area contributed by atoms with E-state index in [-0.39, 0.29) is 16.7 Å². The van der Waals surface area contributed by atoms with E-state index in [1.807, 2.05) is 0 Å². The minimum absolute atomic E-state index is 0.0636. The van der Waals surface area contributed by atoms with Crippen LogP contribution in [0.3, 0.4) is 0 Å². The fourth-order valence-corrected chi connectivity index (χ4v) is 2.18. The SMILES string of the molecule is Cc1cc(C(=O)NC(C)C(=O)O)nc2c1c(=O)n(C)c(=O)n2C. The molecule has 2 aromatic rings. The molecule has 0 aliphatic carbocycles. The molecule has 2 heterocycles. The molecule has 23 heavy (non-hydrogen) atoms. The van der Waals surface area contributed by atoms with Gasteiger partial charge in [0.05, 0.1) is 5.39 Å². The second-order valence-electron chi connectivity index (χ2n) is 5.26. The minimum atomic E-state index is -1.18. The number of aryl methyl sites for hydroxylation is 2. The Morgan fingerprint density at radius 1 is 1.26 bits per heavy atom. The van der Waals surface area contributed by atoms with Crippen LogP contribution in [0.5, 0.6) is 0 Å². The van der Waals surface area contributed by atoms with Crippen LogP contribution >= 0.6 is 0 Å². The van der Waals surface area contributed by atoms with E-state index in [2.05, 4.69) is 10.3 Å². The van der Waals surface area contributed by atoms with Crippen molar-refractivity contribution in [1.82, 2.24) is 19.4 Å². The predicted molar refractivity (Wildman–Crippen MR) is 81.5 cm³/mol. The standard InChI is InChI=1S/C14H16N4O5/c1-6-5-8(11(19)15-7(2)13(21)22)16-10-9(6)12(20)18(4)14(23)17(10)3/h5,7H,1-4H3,(H,15,19)(H,21,22). The Balaban J connectivity index is 2.67. The molecule has 1 amide bonds. The molecule has 9 heteroatoms. The largest absolute Gasteiger partial charge is 0.480 e. The lowest BCUT2D eigenvalue weighted by atomic mass is 10.1. The van der Waals surface area contributed by atoms with Crippen molar-refractivity contribution in [2.45, 2.75) is 19.9 Å². The summed E-state index contributed by atoms with van der Waals surface area (Å²) in [5, 5.41) is 11.3. The third-order valence-corrected chi connectivity index (χ3v) is 3.56. The lowest BCUT2D eigenvalue weighted by Gasteiger charge is -2.12. The molecule has 2 N–H and O–H groups in total. The Hall–Kier alpha value is -2.97. The van der Waals surface area contributed by atoms with Gasteiger partial charge in [-0.15, -0.1) is 0 Å². The summed E-state index contributed by atoms with van der Waals surface area (Å²) < 4.78 is 2.13. The van der Waals surface area contributed by atoms with Gasteiger partial charge in [0, 0.05) is 14.1 Å². The summed E-state index contributed by atoms with van der Waals surface area (Å²) in [6.45, 7) is 2.94. The fourth-order valence-electron chi connectivity index (χ4n) is 2.18. The highest BCUT2D eigenvalue weighted by Gasteiger charge is 2.19. The number of carbonyl (C=O) groups is 2. The third-order valence-electron chi connectivity index (χ3n) is 3.56. The van der Waals surface area contributed by atoms with Crippen LogP contribution in [0.1, 0.15) is 23.0 Å². The van der Waals surface area contributed by atoms with Gasteiger partial charge >= 0.3 is 11.7 Å². The Labute approximate surface area is 130 Å². The molecule has 1 unspecified atom stereocenters. The van der Waals surface area contributed by atoms with E-state index < -0.39 is 29.2 Å². The number of pyridine rings is 1. The molecule has 0 aliphatic rings. The molecule has 9 nitrogen and oxygen atoms in total. The van der Waals surface area contributed by atoms with Gasteiger partial charge in [-0.2, -0.15) is 0 Å². The van der Waals surface area contributed by atoms with Crippen molar-refractivity contribution < 1.29 is 14.7 Å². The van der Waals surface area contributed by atoms with Crippen LogP contribution in [0.4, 0.5) is 0 Å². The van der Waals surface area contributed by atoms with Gasteiger partial charge < -0.3 is 10.4 Å². The molecule has 122 valence electrons. The normalized spacial score (nSPS) is 12.2. The molecule has 0 aromatic carbocycles. The Morgan fingerprint density at radius 2 is 1.87 bits per heavy atom. The second-order valence-corrected chi connectivity index (χ2v) is 5.26. The minimum Gasteiger partial charge on any atom is -0.480 e. The summed E-state index contributed by atoms with van der Waals surface area (Å²) in [6, 6.07) is 0.297. The van der Waals surface area contributed by atoms with Crippen molar-refractivity contribution >= 4 is 22.9 Å². The van der Waals surface area contributed by atoms with Gasteiger partial charge in [-0.25, -0.2) is 9.78 Å².